The van der Waals surface area contributed by atoms with E-state index >= 15 is 0 Å². The van der Waals surface area contributed by atoms with Crippen LogP contribution < -0.4 is 0 Å². The molecule has 0 aliphatic heterocycles. The molecule has 13 nitrogen and oxygen atoms in total. The van der Waals surface area contributed by atoms with Crippen LogP contribution in [0.3, 0.4) is 0 Å². The molecule has 0 saturated heterocycles. The molecule has 0 spiro atoms. The molecule has 0 unspecified atom stereocenters. The summed E-state index contributed by atoms with van der Waals surface area (Å²) in [6.07, 6.45) is 0. The van der Waals surface area contributed by atoms with Gasteiger partial charge in [0.05, 0.1) is 26.2 Å². The van der Waals surface area contributed by atoms with Crippen LogP contribution in [0.2, 0.25) is 0 Å². The Bertz CT molecular complexity index is 332. The first-order valence-electron chi connectivity index (χ1n) is 5.52. The Labute approximate surface area is 215 Å². The number of hydrogen-bond donors (Lipinski definition) is 4. The van der Waals surface area contributed by atoms with Gasteiger partial charge >= 0.3 is 113 Å². The molecule has 144 valence electrons. The predicted octanol–water partition coefficient (Wildman–Crippen LogP) is -6.49. The van der Waals surface area contributed by atoms with Crippen LogP contribution in [0, 0.1) is 0 Å². The van der Waals surface area contributed by atoms with Crippen LogP contribution in [0.5, 0.6) is 0 Å². The van der Waals surface area contributed by atoms with Crippen molar-refractivity contribution in [3.05, 3.63) is 0 Å². The molecule has 0 fully saturated rings. The molecule has 16 heteroatoms. The van der Waals surface area contributed by atoms with Crippen molar-refractivity contribution < 1.29 is 56.0 Å². The van der Waals surface area contributed by atoms with Crippen molar-refractivity contribution in [1.82, 2.24) is 9.80 Å². The van der Waals surface area contributed by atoms with Crippen LogP contribution in [0.1, 0.15) is 0 Å². The topological polar surface area (TPSA) is 250 Å². The van der Waals surface area contributed by atoms with E-state index in [2.05, 4.69) is 0 Å². The number of aliphatic carboxylic acids is 4. The number of hydrogen-bond acceptors (Lipinski definition) is 6. The predicted molar refractivity (Wildman–Crippen MR) is 95.7 cm³/mol. The van der Waals surface area contributed by atoms with Gasteiger partial charge in [0.2, 0.25) is 0 Å². The van der Waals surface area contributed by atoms with Crippen LogP contribution in [-0.4, -0.2) is 198 Å². The number of carboxylic acid groups (broad SMARTS) is 4. The molecule has 0 rings (SSSR count). The first-order chi connectivity index (χ1) is 9.20. The van der Waals surface area contributed by atoms with E-state index in [1.165, 1.54) is 0 Å². The van der Waals surface area contributed by atoms with Crippen molar-refractivity contribution in [2.45, 2.75) is 0 Å². The zero-order valence-corrected chi connectivity index (χ0v) is 12.1. The van der Waals surface area contributed by atoms with Crippen molar-refractivity contribution in [2.75, 3.05) is 39.3 Å². The van der Waals surface area contributed by atoms with Gasteiger partial charge in [-0.25, -0.2) is 0 Å². The van der Waals surface area contributed by atoms with Crippen LogP contribution in [0.25, 0.3) is 0 Å². The zero-order valence-electron chi connectivity index (χ0n) is 12.1. The first kappa shape index (κ1) is 45.4. The number of rotatable bonds is 11. The van der Waals surface area contributed by atoms with Gasteiger partial charge in [-0.05, 0) is 0 Å². The average Bonchev–Trinajstić information content (AvgIpc) is 2.22. The third-order valence-corrected chi connectivity index (χ3v) is 2.17. The van der Waals surface area contributed by atoms with Crippen LogP contribution >= 0.6 is 0 Å². The van der Waals surface area contributed by atoms with Crippen LogP contribution in [0.4, 0.5) is 0 Å². The molecule has 10 N–H and O–H groups in total. The molecule has 0 aromatic carbocycles. The molecular weight excluding hydrogens is 393 g/mol. The zero-order chi connectivity index (χ0) is 15.7. The van der Waals surface area contributed by atoms with Gasteiger partial charge in [-0.2, -0.15) is 0 Å². The van der Waals surface area contributed by atoms with E-state index in [9.17, 15) is 19.2 Å². The maximum atomic E-state index is 10.6. The summed E-state index contributed by atoms with van der Waals surface area (Å²) < 4.78 is 0. The first-order valence-corrected chi connectivity index (χ1v) is 5.52. The molecule has 0 radical (unpaired) electrons. The Morgan fingerprint density at radius 2 is 0.654 bits per heavy atom. The summed E-state index contributed by atoms with van der Waals surface area (Å²) in [5.41, 5.74) is 0. The summed E-state index contributed by atoms with van der Waals surface area (Å²) >= 11 is 0. The second kappa shape index (κ2) is 25.7. The third-order valence-electron chi connectivity index (χ3n) is 2.17. The van der Waals surface area contributed by atoms with Gasteiger partial charge < -0.3 is 36.9 Å². The summed E-state index contributed by atoms with van der Waals surface area (Å²) in [5.74, 6) is -4.91. The van der Waals surface area contributed by atoms with Gasteiger partial charge in [0.15, 0.2) is 0 Å². The Hall–Kier alpha value is 0.680. The van der Waals surface area contributed by atoms with Crippen LogP contribution in [-0.2, 0) is 19.2 Å². The maximum absolute atomic E-state index is 10.6. The third kappa shape index (κ3) is 29.4. The second-order valence-corrected chi connectivity index (χ2v) is 4.00. The van der Waals surface area contributed by atoms with Crippen LogP contribution in [0.15, 0.2) is 0 Å². The minimum atomic E-state index is -1.23. The molecule has 0 aliphatic rings. The second-order valence-electron chi connectivity index (χ2n) is 4.00. The monoisotopic (exact) mass is 418 g/mol. The van der Waals surface area contributed by atoms with E-state index in [1.807, 2.05) is 0 Å². The normalized spacial score (nSPS) is 8.23. The number of carboxylic acids is 4. The summed E-state index contributed by atoms with van der Waals surface area (Å²) in [7, 11) is 0. The van der Waals surface area contributed by atoms with E-state index in [-0.39, 0.29) is 118 Å². The Morgan fingerprint density at radius 3 is 0.769 bits per heavy atom. The van der Waals surface area contributed by atoms with Gasteiger partial charge in [-0.1, -0.05) is 0 Å². The SMILES string of the molecule is O.O.O.O=C(O)CN(CCN(CC(=O)O)CC(=O)O)CC(=O)O.[NaH].[NaH].[NaH]. The summed E-state index contributed by atoms with van der Waals surface area (Å²) in [6, 6.07) is 0. The molecule has 0 atom stereocenters. The fourth-order valence-electron chi connectivity index (χ4n) is 1.48. The summed E-state index contributed by atoms with van der Waals surface area (Å²) in [4.78, 5) is 44.4. The Kier molecular flexibility index (Phi) is 44.9. The fourth-order valence-corrected chi connectivity index (χ4v) is 1.48. The number of nitrogens with zero attached hydrogens (tertiary/aromatic N) is 2. The molecular formula is C10H25N2Na3O11. The quantitative estimate of drug-likeness (QED) is 0.231. The van der Waals surface area contributed by atoms with Crippen molar-refractivity contribution in [2.24, 2.45) is 0 Å². The van der Waals surface area contributed by atoms with Gasteiger partial charge in [-0.15, -0.1) is 0 Å². The number of carbonyl (C=O) groups is 4. The molecule has 0 saturated carbocycles. The fraction of sp³-hybridized carbons (Fsp3) is 0.600. The van der Waals surface area contributed by atoms with E-state index in [0.717, 1.165) is 9.80 Å². The molecule has 0 aromatic rings. The summed E-state index contributed by atoms with van der Waals surface area (Å²) in [5, 5.41) is 34.5. The van der Waals surface area contributed by atoms with Gasteiger partial charge in [0.25, 0.3) is 0 Å². The van der Waals surface area contributed by atoms with Gasteiger partial charge in [0.1, 0.15) is 0 Å². The van der Waals surface area contributed by atoms with Crippen molar-refractivity contribution >= 4 is 113 Å². The standard InChI is InChI=1S/C10H16N2O8.3Na.3H2O.3H/c13-7(14)3-11(4-8(15)16)1-2-12(5-9(17)18)6-10(19)20;;;;;;;;;/h1-6H2,(H,13,14)(H,15,16)(H,17,18)(H,19,20);;;;3*1H2;;;. The van der Waals surface area contributed by atoms with E-state index in [1.54, 1.807) is 0 Å². The Balaban J connectivity index is -0.000000120. The molecule has 0 amide bonds. The van der Waals surface area contributed by atoms with E-state index in [4.69, 9.17) is 20.4 Å². The van der Waals surface area contributed by atoms with Crippen molar-refractivity contribution in [1.29, 1.82) is 0 Å². The van der Waals surface area contributed by atoms with Crippen molar-refractivity contribution in [3.8, 4) is 0 Å². The van der Waals surface area contributed by atoms with E-state index < -0.39 is 50.1 Å². The average molecular weight is 418 g/mol. The summed E-state index contributed by atoms with van der Waals surface area (Å²) in [6.45, 7) is -2.25. The van der Waals surface area contributed by atoms with Gasteiger partial charge in [0, 0.05) is 13.1 Å². The van der Waals surface area contributed by atoms with Gasteiger partial charge in [-0.3, -0.25) is 29.0 Å². The molecule has 0 aromatic heterocycles. The Morgan fingerprint density at radius 1 is 0.500 bits per heavy atom. The molecule has 0 aliphatic carbocycles. The molecule has 26 heavy (non-hydrogen) atoms. The minimum absolute atomic E-state index is 0. The molecule has 0 heterocycles. The molecule has 0 bridgehead atoms. The van der Waals surface area contributed by atoms with Crippen molar-refractivity contribution in [3.63, 3.8) is 0 Å². The van der Waals surface area contributed by atoms with E-state index in [0.29, 0.717) is 0 Å².